The minimum atomic E-state index is 0.496. The highest BCUT2D eigenvalue weighted by atomic mass is 16.5. The Morgan fingerprint density at radius 2 is 1.81 bits per heavy atom. The SMILES string of the molecule is CC.C[C@H]1CCC[C@@H]1OCc1ccccc1. The normalized spacial score (nSPS) is 23.7. The molecule has 0 aliphatic heterocycles. The molecule has 2 atom stereocenters. The van der Waals surface area contributed by atoms with Gasteiger partial charge in [0.05, 0.1) is 12.7 Å². The summed E-state index contributed by atoms with van der Waals surface area (Å²) in [5.74, 6) is 0.749. The molecule has 0 spiro atoms. The predicted octanol–water partition coefficient (Wildman–Crippen LogP) is 4.42. The van der Waals surface area contributed by atoms with Crippen LogP contribution >= 0.6 is 0 Å². The molecule has 0 aromatic heterocycles. The van der Waals surface area contributed by atoms with E-state index in [9.17, 15) is 0 Å². The van der Waals surface area contributed by atoms with Crippen LogP contribution in [-0.2, 0) is 11.3 Å². The molecular formula is C15H24O. The van der Waals surface area contributed by atoms with Gasteiger partial charge in [-0.1, -0.05) is 57.5 Å². The minimum absolute atomic E-state index is 0.496. The molecule has 0 heterocycles. The van der Waals surface area contributed by atoms with Crippen molar-refractivity contribution in [1.29, 1.82) is 0 Å². The smallest absolute Gasteiger partial charge is 0.0720 e. The molecule has 1 aromatic carbocycles. The third-order valence-electron chi connectivity index (χ3n) is 3.09. The van der Waals surface area contributed by atoms with E-state index in [1.54, 1.807) is 0 Å². The first-order valence-electron chi connectivity index (χ1n) is 6.52. The van der Waals surface area contributed by atoms with E-state index in [1.165, 1.54) is 24.8 Å². The second kappa shape index (κ2) is 7.45. The van der Waals surface area contributed by atoms with Crippen molar-refractivity contribution in [1.82, 2.24) is 0 Å². The van der Waals surface area contributed by atoms with Crippen LogP contribution in [0.5, 0.6) is 0 Å². The van der Waals surface area contributed by atoms with Gasteiger partial charge in [-0.15, -0.1) is 0 Å². The van der Waals surface area contributed by atoms with Crippen molar-refractivity contribution in [2.45, 2.75) is 52.7 Å². The van der Waals surface area contributed by atoms with Crippen LogP contribution < -0.4 is 0 Å². The first-order valence-corrected chi connectivity index (χ1v) is 6.52. The van der Waals surface area contributed by atoms with Gasteiger partial charge in [0.25, 0.3) is 0 Å². The van der Waals surface area contributed by atoms with Crippen LogP contribution in [0.2, 0.25) is 0 Å². The fraction of sp³-hybridized carbons (Fsp3) is 0.600. The molecular weight excluding hydrogens is 196 g/mol. The Bertz CT molecular complexity index is 268. The highest BCUT2D eigenvalue weighted by Crippen LogP contribution is 2.28. The number of rotatable bonds is 3. The Labute approximate surface area is 99.8 Å². The molecule has 1 heteroatoms. The Morgan fingerprint density at radius 3 is 2.38 bits per heavy atom. The van der Waals surface area contributed by atoms with Gasteiger partial charge in [-0.05, 0) is 24.3 Å². The number of hydrogen-bond acceptors (Lipinski definition) is 1. The summed E-state index contributed by atoms with van der Waals surface area (Å²) in [6.07, 6.45) is 4.41. The Kier molecular flexibility index (Phi) is 6.17. The first-order chi connectivity index (χ1) is 7.86. The standard InChI is InChI=1S/C13H18O.C2H6/c1-11-6-5-9-13(11)14-10-12-7-3-2-4-8-12;1-2/h2-4,7-8,11,13H,5-6,9-10H2,1H3;1-2H3/t11-,13-;/m0./s1. The highest BCUT2D eigenvalue weighted by Gasteiger charge is 2.23. The summed E-state index contributed by atoms with van der Waals surface area (Å²) in [4.78, 5) is 0. The molecule has 1 aliphatic rings. The molecule has 0 bridgehead atoms. The summed E-state index contributed by atoms with van der Waals surface area (Å²) in [6, 6.07) is 10.4. The van der Waals surface area contributed by atoms with Crippen molar-refractivity contribution < 1.29 is 4.74 Å². The van der Waals surface area contributed by atoms with Crippen molar-refractivity contribution >= 4 is 0 Å². The molecule has 90 valence electrons. The van der Waals surface area contributed by atoms with Crippen LogP contribution in [0, 0.1) is 5.92 Å². The second-order valence-corrected chi connectivity index (χ2v) is 4.24. The Hall–Kier alpha value is -0.820. The summed E-state index contributed by atoms with van der Waals surface area (Å²) >= 11 is 0. The van der Waals surface area contributed by atoms with Crippen LogP contribution in [0.25, 0.3) is 0 Å². The van der Waals surface area contributed by atoms with Crippen LogP contribution in [0.3, 0.4) is 0 Å². The fourth-order valence-corrected chi connectivity index (χ4v) is 2.14. The van der Waals surface area contributed by atoms with Gasteiger partial charge in [-0.25, -0.2) is 0 Å². The molecule has 0 amide bonds. The quantitative estimate of drug-likeness (QED) is 0.732. The average Bonchev–Trinajstić information content (AvgIpc) is 2.76. The summed E-state index contributed by atoms with van der Waals surface area (Å²) < 4.78 is 5.90. The molecule has 1 nitrogen and oxygen atoms in total. The molecule has 0 N–H and O–H groups in total. The molecule has 0 saturated heterocycles. The molecule has 1 fully saturated rings. The molecule has 0 unspecified atom stereocenters. The zero-order valence-corrected chi connectivity index (χ0v) is 10.8. The van der Waals surface area contributed by atoms with Crippen molar-refractivity contribution in [3.05, 3.63) is 35.9 Å². The van der Waals surface area contributed by atoms with Crippen LogP contribution in [0.4, 0.5) is 0 Å². The van der Waals surface area contributed by atoms with E-state index in [0.29, 0.717) is 6.10 Å². The zero-order chi connectivity index (χ0) is 11.8. The average molecular weight is 220 g/mol. The van der Waals surface area contributed by atoms with E-state index in [4.69, 9.17) is 4.74 Å². The molecule has 2 rings (SSSR count). The number of benzene rings is 1. The van der Waals surface area contributed by atoms with Crippen LogP contribution in [0.15, 0.2) is 30.3 Å². The Morgan fingerprint density at radius 1 is 1.12 bits per heavy atom. The third-order valence-corrected chi connectivity index (χ3v) is 3.09. The van der Waals surface area contributed by atoms with E-state index < -0.39 is 0 Å². The van der Waals surface area contributed by atoms with Gasteiger partial charge < -0.3 is 4.74 Å². The molecule has 0 radical (unpaired) electrons. The second-order valence-electron chi connectivity index (χ2n) is 4.24. The van der Waals surface area contributed by atoms with Gasteiger partial charge >= 0.3 is 0 Å². The zero-order valence-electron chi connectivity index (χ0n) is 10.8. The van der Waals surface area contributed by atoms with E-state index in [0.717, 1.165) is 12.5 Å². The Balaban J connectivity index is 0.000000606. The number of hydrogen-bond donors (Lipinski definition) is 0. The fourth-order valence-electron chi connectivity index (χ4n) is 2.14. The number of ether oxygens (including phenoxy) is 1. The molecule has 1 saturated carbocycles. The van der Waals surface area contributed by atoms with Crippen molar-refractivity contribution in [2.24, 2.45) is 5.92 Å². The molecule has 1 aromatic rings. The van der Waals surface area contributed by atoms with Gasteiger partial charge in [-0.2, -0.15) is 0 Å². The topological polar surface area (TPSA) is 9.23 Å². The first kappa shape index (κ1) is 13.2. The van der Waals surface area contributed by atoms with Gasteiger partial charge in [0, 0.05) is 0 Å². The summed E-state index contributed by atoms with van der Waals surface area (Å²) in [5.41, 5.74) is 1.28. The van der Waals surface area contributed by atoms with E-state index in [-0.39, 0.29) is 0 Å². The highest BCUT2D eigenvalue weighted by molar-refractivity contribution is 5.13. The maximum absolute atomic E-state index is 5.90. The van der Waals surface area contributed by atoms with Crippen molar-refractivity contribution in [3.8, 4) is 0 Å². The maximum atomic E-state index is 5.90. The summed E-state index contributed by atoms with van der Waals surface area (Å²) in [6.45, 7) is 7.07. The van der Waals surface area contributed by atoms with E-state index in [1.807, 2.05) is 19.9 Å². The monoisotopic (exact) mass is 220 g/mol. The van der Waals surface area contributed by atoms with Gasteiger partial charge in [0.15, 0.2) is 0 Å². The largest absolute Gasteiger partial charge is 0.373 e. The maximum Gasteiger partial charge on any atom is 0.0720 e. The lowest BCUT2D eigenvalue weighted by atomic mass is 10.1. The van der Waals surface area contributed by atoms with E-state index >= 15 is 0 Å². The van der Waals surface area contributed by atoms with Crippen LogP contribution in [0.1, 0.15) is 45.6 Å². The predicted molar refractivity (Wildman–Crippen MR) is 69.4 cm³/mol. The minimum Gasteiger partial charge on any atom is -0.373 e. The lowest BCUT2D eigenvalue weighted by Gasteiger charge is -2.16. The van der Waals surface area contributed by atoms with Gasteiger partial charge in [0.1, 0.15) is 0 Å². The van der Waals surface area contributed by atoms with Gasteiger partial charge in [0.2, 0.25) is 0 Å². The van der Waals surface area contributed by atoms with E-state index in [2.05, 4.69) is 31.2 Å². The molecule has 1 aliphatic carbocycles. The van der Waals surface area contributed by atoms with Gasteiger partial charge in [-0.3, -0.25) is 0 Å². The van der Waals surface area contributed by atoms with Crippen molar-refractivity contribution in [2.75, 3.05) is 0 Å². The van der Waals surface area contributed by atoms with Crippen molar-refractivity contribution in [3.63, 3.8) is 0 Å². The molecule has 16 heavy (non-hydrogen) atoms. The van der Waals surface area contributed by atoms with Crippen LogP contribution in [-0.4, -0.2) is 6.10 Å². The summed E-state index contributed by atoms with van der Waals surface area (Å²) in [5, 5.41) is 0. The lowest BCUT2D eigenvalue weighted by molar-refractivity contribution is 0.0207. The lowest BCUT2D eigenvalue weighted by Crippen LogP contribution is -2.15. The summed E-state index contributed by atoms with van der Waals surface area (Å²) in [7, 11) is 0. The third kappa shape index (κ3) is 3.97.